The summed E-state index contributed by atoms with van der Waals surface area (Å²) < 4.78 is 15.2. The zero-order chi connectivity index (χ0) is 19.5. The fourth-order valence-electron chi connectivity index (χ4n) is 3.45. The van der Waals surface area contributed by atoms with E-state index in [1.807, 2.05) is 30.3 Å². The van der Waals surface area contributed by atoms with Gasteiger partial charge in [-0.15, -0.1) is 0 Å². The van der Waals surface area contributed by atoms with Crippen LogP contribution in [0.4, 0.5) is 0 Å². The Labute approximate surface area is 153 Å². The summed E-state index contributed by atoms with van der Waals surface area (Å²) in [6.07, 6.45) is -0.369. The van der Waals surface area contributed by atoms with Crippen molar-refractivity contribution in [2.75, 3.05) is 14.2 Å². The molecule has 0 amide bonds. The van der Waals surface area contributed by atoms with Gasteiger partial charge in [-0.1, -0.05) is 30.3 Å². The zero-order valence-electron chi connectivity index (χ0n) is 15.6. The highest BCUT2D eigenvalue weighted by atomic mass is 16.5. The molecule has 0 saturated carbocycles. The molecule has 0 aliphatic carbocycles. The van der Waals surface area contributed by atoms with Crippen LogP contribution in [0.15, 0.2) is 30.3 Å². The Morgan fingerprint density at radius 2 is 1.62 bits per heavy atom. The summed E-state index contributed by atoms with van der Waals surface area (Å²) in [5.41, 5.74) is -0.672. The van der Waals surface area contributed by atoms with Crippen LogP contribution in [0, 0.1) is 11.8 Å². The second kappa shape index (κ2) is 7.86. The molecule has 0 aromatic heterocycles. The summed E-state index contributed by atoms with van der Waals surface area (Å²) in [4.78, 5) is 37.9. The molecule has 2 rings (SSSR count). The number of carbonyl (C=O) groups is 3. The summed E-state index contributed by atoms with van der Waals surface area (Å²) in [5.74, 6) is -3.90. The van der Waals surface area contributed by atoms with E-state index in [1.165, 1.54) is 14.2 Å². The van der Waals surface area contributed by atoms with Crippen molar-refractivity contribution in [3.05, 3.63) is 35.9 Å². The van der Waals surface area contributed by atoms with E-state index in [-0.39, 0.29) is 6.10 Å². The van der Waals surface area contributed by atoms with Crippen LogP contribution in [0.2, 0.25) is 0 Å². The molecule has 0 unspecified atom stereocenters. The molecule has 7 nitrogen and oxygen atoms in total. The van der Waals surface area contributed by atoms with E-state index in [0.717, 1.165) is 5.56 Å². The van der Waals surface area contributed by atoms with Gasteiger partial charge in [0.2, 0.25) is 0 Å². The van der Waals surface area contributed by atoms with Crippen LogP contribution in [0.1, 0.15) is 32.4 Å². The number of hydrogen-bond donors (Lipinski definition) is 1. The molecule has 1 saturated heterocycles. The Bertz CT molecular complexity index is 674. The van der Waals surface area contributed by atoms with Crippen LogP contribution in [-0.2, 0) is 28.6 Å². The standard InChI is InChI=1S/C19H25NO6/c1-11(2)26-18(23)19(3)14(17(22)25-5)13(16(21)24-4)15(20-19)12-9-7-6-8-10-12/h6-11,13-15,20H,1-5H3/t13-,14-,15+,19+/m0/s1. The van der Waals surface area contributed by atoms with E-state index < -0.39 is 41.3 Å². The summed E-state index contributed by atoms with van der Waals surface area (Å²) in [6, 6.07) is 8.53. The maximum atomic E-state index is 12.8. The van der Waals surface area contributed by atoms with Gasteiger partial charge in [0, 0.05) is 6.04 Å². The Balaban J connectivity index is 2.56. The molecule has 0 spiro atoms. The number of nitrogens with one attached hydrogen (secondary N) is 1. The Hall–Kier alpha value is -2.41. The third-order valence-corrected chi connectivity index (χ3v) is 4.65. The molecule has 142 valence electrons. The first-order valence-corrected chi connectivity index (χ1v) is 8.45. The lowest BCUT2D eigenvalue weighted by atomic mass is 9.78. The fourth-order valence-corrected chi connectivity index (χ4v) is 3.45. The molecular formula is C19H25NO6. The topological polar surface area (TPSA) is 90.9 Å². The SMILES string of the molecule is COC(=O)[C@@H]1[C@@H](c2ccccc2)N[C@@](C)(C(=O)OC(C)C)[C@@H]1C(=O)OC. The molecule has 26 heavy (non-hydrogen) atoms. The van der Waals surface area contributed by atoms with Gasteiger partial charge in [-0.25, -0.2) is 0 Å². The second-order valence-corrected chi connectivity index (χ2v) is 6.74. The van der Waals surface area contributed by atoms with Crippen molar-refractivity contribution in [3.63, 3.8) is 0 Å². The zero-order valence-corrected chi connectivity index (χ0v) is 15.6. The highest BCUT2D eigenvalue weighted by molar-refractivity contribution is 5.94. The van der Waals surface area contributed by atoms with Gasteiger partial charge in [-0.3, -0.25) is 19.7 Å². The maximum absolute atomic E-state index is 12.8. The highest BCUT2D eigenvalue weighted by Crippen LogP contribution is 2.45. The molecule has 0 bridgehead atoms. The third-order valence-electron chi connectivity index (χ3n) is 4.65. The van der Waals surface area contributed by atoms with Crippen LogP contribution in [0.25, 0.3) is 0 Å². The van der Waals surface area contributed by atoms with E-state index in [9.17, 15) is 14.4 Å². The van der Waals surface area contributed by atoms with Gasteiger partial charge in [-0.05, 0) is 26.3 Å². The summed E-state index contributed by atoms with van der Waals surface area (Å²) in [6.45, 7) is 4.99. The maximum Gasteiger partial charge on any atom is 0.327 e. The summed E-state index contributed by atoms with van der Waals surface area (Å²) in [7, 11) is 2.47. The predicted octanol–water partition coefficient (Wildman–Crippen LogP) is 1.62. The van der Waals surface area contributed by atoms with Gasteiger partial charge in [0.15, 0.2) is 0 Å². The minimum absolute atomic E-state index is 0.369. The number of carbonyl (C=O) groups excluding carboxylic acids is 3. The van der Waals surface area contributed by atoms with E-state index in [2.05, 4.69) is 5.32 Å². The highest BCUT2D eigenvalue weighted by Gasteiger charge is 2.62. The van der Waals surface area contributed by atoms with Crippen LogP contribution < -0.4 is 5.32 Å². The van der Waals surface area contributed by atoms with Gasteiger partial charge >= 0.3 is 17.9 Å². The largest absolute Gasteiger partial charge is 0.469 e. The smallest absolute Gasteiger partial charge is 0.327 e. The number of esters is 3. The van der Waals surface area contributed by atoms with E-state index in [1.54, 1.807) is 20.8 Å². The van der Waals surface area contributed by atoms with Gasteiger partial charge in [0.1, 0.15) is 11.5 Å². The third kappa shape index (κ3) is 3.58. The van der Waals surface area contributed by atoms with Crippen molar-refractivity contribution in [3.8, 4) is 0 Å². The number of rotatable bonds is 5. The average Bonchev–Trinajstić information content (AvgIpc) is 2.95. The van der Waals surface area contributed by atoms with Gasteiger partial charge < -0.3 is 14.2 Å². The molecule has 1 heterocycles. The molecule has 4 atom stereocenters. The van der Waals surface area contributed by atoms with Gasteiger partial charge in [0.25, 0.3) is 0 Å². The minimum atomic E-state index is -1.43. The molecular weight excluding hydrogens is 338 g/mol. The monoisotopic (exact) mass is 363 g/mol. The first kappa shape index (κ1) is 19.9. The molecule has 1 aromatic rings. The van der Waals surface area contributed by atoms with Crippen LogP contribution in [0.3, 0.4) is 0 Å². The minimum Gasteiger partial charge on any atom is -0.469 e. The average molecular weight is 363 g/mol. The Kier molecular flexibility index (Phi) is 6.02. The Morgan fingerprint density at radius 1 is 1.04 bits per heavy atom. The lowest BCUT2D eigenvalue weighted by Crippen LogP contribution is -2.54. The van der Waals surface area contributed by atoms with Gasteiger partial charge in [0.05, 0.1) is 26.2 Å². The lowest BCUT2D eigenvalue weighted by Gasteiger charge is -2.29. The molecule has 0 radical (unpaired) electrons. The quantitative estimate of drug-likeness (QED) is 0.628. The molecule has 1 aromatic carbocycles. The number of hydrogen-bond acceptors (Lipinski definition) is 7. The normalized spacial score (nSPS) is 27.8. The predicted molar refractivity (Wildman–Crippen MR) is 93.0 cm³/mol. The van der Waals surface area contributed by atoms with Crippen LogP contribution in [0.5, 0.6) is 0 Å². The Morgan fingerprint density at radius 3 is 2.12 bits per heavy atom. The second-order valence-electron chi connectivity index (χ2n) is 6.74. The molecule has 1 aliphatic heterocycles. The van der Waals surface area contributed by atoms with Crippen molar-refractivity contribution in [1.82, 2.24) is 5.32 Å². The van der Waals surface area contributed by atoms with Crippen molar-refractivity contribution in [1.29, 1.82) is 0 Å². The molecule has 1 N–H and O–H groups in total. The number of benzene rings is 1. The number of ether oxygens (including phenoxy) is 3. The van der Waals surface area contributed by atoms with Crippen molar-refractivity contribution in [2.24, 2.45) is 11.8 Å². The molecule has 1 aliphatic rings. The summed E-state index contributed by atoms with van der Waals surface area (Å²) >= 11 is 0. The summed E-state index contributed by atoms with van der Waals surface area (Å²) in [5, 5.41) is 3.14. The van der Waals surface area contributed by atoms with Crippen molar-refractivity contribution >= 4 is 17.9 Å². The first-order valence-electron chi connectivity index (χ1n) is 8.45. The lowest BCUT2D eigenvalue weighted by molar-refractivity contribution is -0.166. The van der Waals surface area contributed by atoms with Gasteiger partial charge in [-0.2, -0.15) is 0 Å². The molecule has 1 fully saturated rings. The van der Waals surface area contributed by atoms with Crippen molar-refractivity contribution in [2.45, 2.75) is 38.5 Å². The van der Waals surface area contributed by atoms with Crippen molar-refractivity contribution < 1.29 is 28.6 Å². The van der Waals surface area contributed by atoms with E-state index in [4.69, 9.17) is 14.2 Å². The number of methoxy groups -OCH3 is 2. The molecule has 7 heteroatoms. The first-order chi connectivity index (χ1) is 12.3. The fraction of sp³-hybridized carbons (Fsp3) is 0.526. The van der Waals surface area contributed by atoms with Crippen LogP contribution >= 0.6 is 0 Å². The van der Waals surface area contributed by atoms with Crippen LogP contribution in [-0.4, -0.2) is 43.8 Å². The van der Waals surface area contributed by atoms with E-state index in [0.29, 0.717) is 0 Å². The van der Waals surface area contributed by atoms with E-state index >= 15 is 0 Å².